The number of nitrogens with zero attached hydrogens (tertiary/aromatic N) is 2. The van der Waals surface area contributed by atoms with Gasteiger partial charge in [0, 0.05) is 23.6 Å². The van der Waals surface area contributed by atoms with Gasteiger partial charge in [-0.3, -0.25) is 0 Å². The molecule has 0 atom stereocenters. The van der Waals surface area contributed by atoms with Gasteiger partial charge in [0.05, 0.1) is 16.1 Å². The maximum absolute atomic E-state index is 6.37. The van der Waals surface area contributed by atoms with E-state index >= 15 is 0 Å². The first-order valence-corrected chi connectivity index (χ1v) is 7.38. The van der Waals surface area contributed by atoms with Gasteiger partial charge in [-0.1, -0.05) is 23.7 Å². The van der Waals surface area contributed by atoms with E-state index in [1.807, 2.05) is 41.9 Å². The molecule has 3 nitrogen and oxygen atoms in total. The third kappa shape index (κ3) is 2.14. The van der Waals surface area contributed by atoms with Crippen molar-refractivity contribution in [2.75, 3.05) is 0 Å². The molecule has 5 heteroatoms. The van der Waals surface area contributed by atoms with Crippen LogP contribution in [-0.4, -0.2) is 9.55 Å². The van der Waals surface area contributed by atoms with Crippen LogP contribution in [0.4, 0.5) is 0 Å². The van der Waals surface area contributed by atoms with Gasteiger partial charge in [-0.2, -0.15) is 0 Å². The molecule has 3 aromatic rings. The summed E-state index contributed by atoms with van der Waals surface area (Å²) in [6, 6.07) is 11.9. The Morgan fingerprint density at radius 1 is 1.30 bits per heavy atom. The Hall–Kier alpha value is -1.36. The van der Waals surface area contributed by atoms with Gasteiger partial charge in [-0.15, -0.1) is 0 Å². The molecular formula is C15H13BrClN3. The standard InChI is InChI=1S/C15H13BrClN3/c1-20-13-7-9(8-18)5-6-12(13)19-15(20)10-3-2-4-11(16)14(10)17/h2-7H,8,18H2,1H3. The average Bonchev–Trinajstić information content (AvgIpc) is 2.78. The lowest BCUT2D eigenvalue weighted by Crippen LogP contribution is -1.97. The van der Waals surface area contributed by atoms with E-state index in [2.05, 4.69) is 27.0 Å². The molecule has 2 N–H and O–H groups in total. The molecule has 0 unspecified atom stereocenters. The topological polar surface area (TPSA) is 43.8 Å². The van der Waals surface area contributed by atoms with E-state index in [1.54, 1.807) is 0 Å². The van der Waals surface area contributed by atoms with E-state index in [1.165, 1.54) is 0 Å². The van der Waals surface area contributed by atoms with Crippen LogP contribution < -0.4 is 5.73 Å². The fourth-order valence-corrected chi connectivity index (χ4v) is 2.86. The molecule has 0 saturated heterocycles. The number of fused-ring (bicyclic) bond motifs is 1. The van der Waals surface area contributed by atoms with Crippen molar-refractivity contribution in [3.8, 4) is 11.4 Å². The zero-order valence-corrected chi connectivity index (χ0v) is 13.2. The van der Waals surface area contributed by atoms with Crippen LogP contribution in [0.2, 0.25) is 5.02 Å². The van der Waals surface area contributed by atoms with Crippen molar-refractivity contribution in [3.05, 3.63) is 51.5 Å². The van der Waals surface area contributed by atoms with E-state index in [4.69, 9.17) is 17.3 Å². The second-order valence-corrected chi connectivity index (χ2v) is 5.86. The number of aromatic nitrogens is 2. The van der Waals surface area contributed by atoms with Crippen LogP contribution in [0.1, 0.15) is 5.56 Å². The monoisotopic (exact) mass is 349 g/mol. The van der Waals surface area contributed by atoms with Crippen LogP contribution in [0.5, 0.6) is 0 Å². The Morgan fingerprint density at radius 2 is 2.10 bits per heavy atom. The molecule has 0 amide bonds. The molecule has 2 aromatic carbocycles. The van der Waals surface area contributed by atoms with Crippen molar-refractivity contribution >= 4 is 38.6 Å². The minimum absolute atomic E-state index is 0.522. The SMILES string of the molecule is Cn1c(-c2cccc(Br)c2Cl)nc2ccc(CN)cc21. The third-order valence-electron chi connectivity index (χ3n) is 3.37. The lowest BCUT2D eigenvalue weighted by molar-refractivity contribution is 0.956. The summed E-state index contributed by atoms with van der Waals surface area (Å²) in [5.74, 6) is 0.848. The lowest BCUT2D eigenvalue weighted by Gasteiger charge is -2.06. The number of rotatable bonds is 2. The maximum atomic E-state index is 6.37. The summed E-state index contributed by atoms with van der Waals surface area (Å²) < 4.78 is 2.91. The normalized spacial score (nSPS) is 11.2. The Bertz CT molecular complexity index is 795. The van der Waals surface area contributed by atoms with Crippen molar-refractivity contribution in [2.24, 2.45) is 12.8 Å². The number of hydrogen-bond acceptors (Lipinski definition) is 2. The van der Waals surface area contributed by atoms with Gasteiger partial charge in [-0.25, -0.2) is 4.98 Å². The first-order chi connectivity index (χ1) is 9.61. The van der Waals surface area contributed by atoms with Gasteiger partial charge in [0.2, 0.25) is 0 Å². The van der Waals surface area contributed by atoms with Crippen molar-refractivity contribution < 1.29 is 0 Å². The fraction of sp³-hybridized carbons (Fsp3) is 0.133. The summed E-state index contributed by atoms with van der Waals surface area (Å²) in [5.41, 5.74) is 9.69. The van der Waals surface area contributed by atoms with Crippen molar-refractivity contribution in [1.29, 1.82) is 0 Å². The number of imidazole rings is 1. The molecule has 0 aliphatic rings. The molecule has 0 aliphatic carbocycles. The predicted octanol–water partition coefficient (Wildman–Crippen LogP) is 4.11. The number of hydrogen-bond donors (Lipinski definition) is 1. The molecule has 0 spiro atoms. The zero-order valence-electron chi connectivity index (χ0n) is 10.9. The van der Waals surface area contributed by atoms with E-state index in [9.17, 15) is 0 Å². The fourth-order valence-electron chi connectivity index (χ4n) is 2.28. The minimum Gasteiger partial charge on any atom is -0.327 e. The number of nitrogens with two attached hydrogens (primary N) is 1. The maximum Gasteiger partial charge on any atom is 0.142 e. The summed E-state index contributed by atoms with van der Waals surface area (Å²) in [6.07, 6.45) is 0. The highest BCUT2D eigenvalue weighted by atomic mass is 79.9. The lowest BCUT2D eigenvalue weighted by atomic mass is 10.2. The molecule has 1 heterocycles. The second kappa shape index (κ2) is 5.20. The third-order valence-corrected chi connectivity index (χ3v) is 4.67. The number of halogens is 2. The largest absolute Gasteiger partial charge is 0.327 e. The van der Waals surface area contributed by atoms with Crippen molar-refractivity contribution in [1.82, 2.24) is 9.55 Å². The highest BCUT2D eigenvalue weighted by Crippen LogP contribution is 2.34. The van der Waals surface area contributed by atoms with Crippen molar-refractivity contribution in [2.45, 2.75) is 6.54 Å². The summed E-state index contributed by atoms with van der Waals surface area (Å²) >= 11 is 9.81. The van der Waals surface area contributed by atoms with Crippen LogP contribution in [-0.2, 0) is 13.6 Å². The summed E-state index contributed by atoms with van der Waals surface area (Å²) in [7, 11) is 1.99. The number of benzene rings is 2. The molecule has 0 aliphatic heterocycles. The van der Waals surface area contributed by atoms with E-state index in [0.717, 1.165) is 32.5 Å². The van der Waals surface area contributed by atoms with Gasteiger partial charge in [0.25, 0.3) is 0 Å². The van der Waals surface area contributed by atoms with E-state index in [-0.39, 0.29) is 0 Å². The smallest absolute Gasteiger partial charge is 0.142 e. The highest BCUT2D eigenvalue weighted by Gasteiger charge is 2.14. The molecule has 0 radical (unpaired) electrons. The van der Waals surface area contributed by atoms with Gasteiger partial charge < -0.3 is 10.3 Å². The van der Waals surface area contributed by atoms with Gasteiger partial charge in [0.15, 0.2) is 0 Å². The quantitative estimate of drug-likeness (QED) is 0.755. The molecule has 0 bridgehead atoms. The second-order valence-electron chi connectivity index (χ2n) is 4.62. The van der Waals surface area contributed by atoms with Crippen LogP contribution in [0, 0.1) is 0 Å². The summed E-state index contributed by atoms with van der Waals surface area (Å²) in [6.45, 7) is 0.522. The molecular weight excluding hydrogens is 338 g/mol. The molecule has 0 saturated carbocycles. The van der Waals surface area contributed by atoms with Crippen LogP contribution in [0.25, 0.3) is 22.4 Å². The first kappa shape index (κ1) is 13.6. The Morgan fingerprint density at radius 3 is 2.85 bits per heavy atom. The van der Waals surface area contributed by atoms with Gasteiger partial charge >= 0.3 is 0 Å². The Kier molecular flexibility index (Phi) is 3.54. The van der Waals surface area contributed by atoms with Gasteiger partial charge in [0.1, 0.15) is 5.82 Å². The number of aryl methyl sites for hydroxylation is 1. The summed E-state index contributed by atoms with van der Waals surface area (Å²) in [4.78, 5) is 4.68. The summed E-state index contributed by atoms with van der Waals surface area (Å²) in [5, 5.41) is 0.671. The predicted molar refractivity (Wildman–Crippen MR) is 86.8 cm³/mol. The van der Waals surface area contributed by atoms with Crippen LogP contribution >= 0.6 is 27.5 Å². The van der Waals surface area contributed by atoms with Crippen LogP contribution in [0.15, 0.2) is 40.9 Å². The first-order valence-electron chi connectivity index (χ1n) is 6.21. The Balaban J connectivity index is 2.27. The minimum atomic E-state index is 0.522. The average molecular weight is 351 g/mol. The molecule has 0 fully saturated rings. The highest BCUT2D eigenvalue weighted by molar-refractivity contribution is 9.10. The molecule has 102 valence electrons. The van der Waals surface area contributed by atoms with Crippen LogP contribution in [0.3, 0.4) is 0 Å². The zero-order chi connectivity index (χ0) is 14.3. The Labute approximate surface area is 130 Å². The van der Waals surface area contributed by atoms with Crippen molar-refractivity contribution in [3.63, 3.8) is 0 Å². The molecule has 1 aromatic heterocycles. The van der Waals surface area contributed by atoms with E-state index in [0.29, 0.717) is 11.6 Å². The molecule has 3 rings (SSSR count). The molecule has 20 heavy (non-hydrogen) atoms. The van der Waals surface area contributed by atoms with Gasteiger partial charge in [-0.05, 0) is 45.8 Å². The van der Waals surface area contributed by atoms with E-state index < -0.39 is 0 Å².